The molecule has 0 aliphatic rings. The van der Waals surface area contributed by atoms with Gasteiger partial charge in [-0.15, -0.1) is 0 Å². The normalized spacial score (nSPS) is 12.6. The summed E-state index contributed by atoms with van der Waals surface area (Å²) in [6.45, 7) is 8.86. The zero-order chi connectivity index (χ0) is 24.2. The summed E-state index contributed by atoms with van der Waals surface area (Å²) >= 11 is 0. The molecule has 0 aliphatic heterocycles. The Bertz CT molecular complexity index is 1110. The molecule has 0 spiro atoms. The fraction of sp³-hybridized carbons (Fsp3) is 0.212. The molecule has 0 saturated heterocycles. The van der Waals surface area contributed by atoms with Crippen LogP contribution in [0.25, 0.3) is 0 Å². The van der Waals surface area contributed by atoms with Gasteiger partial charge < -0.3 is 0 Å². The lowest BCUT2D eigenvalue weighted by molar-refractivity contribution is 1.05. The molecule has 0 amide bonds. The van der Waals surface area contributed by atoms with Crippen molar-refractivity contribution in [2.24, 2.45) is 0 Å². The zero-order valence-corrected chi connectivity index (χ0v) is 22.0. The first-order chi connectivity index (χ1) is 16.6. The van der Waals surface area contributed by atoms with Gasteiger partial charge >= 0.3 is 0 Å². The van der Waals surface area contributed by atoms with Crippen molar-refractivity contribution in [3.8, 4) is 0 Å². The van der Waals surface area contributed by atoms with Crippen LogP contribution < -0.4 is 15.9 Å². The van der Waals surface area contributed by atoms with Crippen LogP contribution in [0.4, 0.5) is 0 Å². The number of hydrogen-bond acceptors (Lipinski definition) is 0. The Morgan fingerprint density at radius 2 is 1.15 bits per heavy atom. The zero-order valence-electron chi connectivity index (χ0n) is 21.1. The van der Waals surface area contributed by atoms with Crippen LogP contribution in [0.5, 0.6) is 0 Å². The van der Waals surface area contributed by atoms with Gasteiger partial charge in [-0.3, -0.25) is 0 Å². The van der Waals surface area contributed by atoms with Crippen molar-refractivity contribution in [3.05, 3.63) is 138 Å². The van der Waals surface area contributed by atoms with Gasteiger partial charge in [-0.2, -0.15) is 0 Å². The quantitative estimate of drug-likeness (QED) is 0.123. The van der Waals surface area contributed by atoms with E-state index in [4.69, 9.17) is 0 Å². The van der Waals surface area contributed by atoms with Gasteiger partial charge in [0.1, 0.15) is 23.2 Å². The molecule has 34 heavy (non-hydrogen) atoms. The minimum Gasteiger partial charge on any atom is -0.0917 e. The molecule has 3 aromatic rings. The molecule has 0 atom stereocenters. The third kappa shape index (κ3) is 6.13. The number of aryl methyl sites for hydroxylation is 1. The average Bonchev–Trinajstić information content (AvgIpc) is 2.88. The highest BCUT2D eigenvalue weighted by molar-refractivity contribution is 7.95. The van der Waals surface area contributed by atoms with Gasteiger partial charge in [-0.25, -0.2) is 0 Å². The summed E-state index contributed by atoms with van der Waals surface area (Å²) in [5.74, 6) is 0. The molecule has 3 aromatic carbocycles. The second-order valence-corrected chi connectivity index (χ2v) is 12.2. The van der Waals surface area contributed by atoms with Gasteiger partial charge in [0.05, 0.1) is 6.16 Å². The molecular weight excluding hydrogens is 427 g/mol. The minimum atomic E-state index is -1.86. The van der Waals surface area contributed by atoms with Crippen LogP contribution in [0.1, 0.15) is 36.5 Å². The highest BCUT2D eigenvalue weighted by Crippen LogP contribution is 2.56. The predicted octanol–water partition coefficient (Wildman–Crippen LogP) is 7.93. The molecule has 0 aliphatic carbocycles. The van der Waals surface area contributed by atoms with Gasteiger partial charge in [-0.1, -0.05) is 85.0 Å². The molecule has 0 unspecified atom stereocenters. The van der Waals surface area contributed by atoms with Gasteiger partial charge in [0.25, 0.3) is 0 Å². The van der Waals surface area contributed by atoms with Crippen LogP contribution in [0.2, 0.25) is 0 Å². The molecule has 0 nitrogen and oxygen atoms in total. The highest BCUT2D eigenvalue weighted by atomic mass is 31.2. The molecule has 0 heterocycles. The van der Waals surface area contributed by atoms with E-state index in [1.54, 1.807) is 0 Å². The molecule has 0 bridgehead atoms. The monoisotopic (exact) mass is 465 g/mol. The summed E-state index contributed by atoms with van der Waals surface area (Å²) < 4.78 is 0. The molecule has 0 saturated carbocycles. The third-order valence-electron chi connectivity index (χ3n) is 6.56. The number of allylic oxidation sites excluding steroid dienone is 8. The van der Waals surface area contributed by atoms with Crippen molar-refractivity contribution in [1.82, 2.24) is 0 Å². The predicted molar refractivity (Wildman–Crippen MR) is 156 cm³/mol. The topological polar surface area (TPSA) is 0 Å². The van der Waals surface area contributed by atoms with Crippen LogP contribution >= 0.6 is 7.26 Å². The number of unbranched alkanes of at least 4 members (excludes halogenated alkanes) is 1. The summed E-state index contributed by atoms with van der Waals surface area (Å²) in [6, 6.07) is 27.0. The van der Waals surface area contributed by atoms with Crippen molar-refractivity contribution in [2.75, 3.05) is 6.16 Å². The van der Waals surface area contributed by atoms with Crippen molar-refractivity contribution in [3.63, 3.8) is 0 Å². The Morgan fingerprint density at radius 1 is 0.588 bits per heavy atom. The molecule has 3 rings (SSSR count). The molecule has 0 radical (unpaired) electrons. The van der Waals surface area contributed by atoms with Gasteiger partial charge in [0, 0.05) is 0 Å². The lowest BCUT2D eigenvalue weighted by Gasteiger charge is -2.28. The lowest BCUT2D eigenvalue weighted by Crippen LogP contribution is -2.34. The van der Waals surface area contributed by atoms with Crippen LogP contribution in [-0.4, -0.2) is 6.16 Å². The summed E-state index contributed by atoms with van der Waals surface area (Å²) in [6.07, 6.45) is 20.8. The fourth-order valence-corrected chi connectivity index (χ4v) is 8.76. The summed E-state index contributed by atoms with van der Waals surface area (Å²) in [7, 11) is -1.86. The molecule has 1 heteroatoms. The Hall–Kier alpha value is -2.95. The van der Waals surface area contributed by atoms with Gasteiger partial charge in [0.2, 0.25) is 0 Å². The van der Waals surface area contributed by atoms with E-state index in [1.807, 2.05) is 0 Å². The second kappa shape index (κ2) is 13.1. The third-order valence-corrected chi connectivity index (χ3v) is 11.0. The minimum absolute atomic E-state index is 1.000. The smallest absolute Gasteiger partial charge is 0.0917 e. The Balaban J connectivity index is 2.03. The molecule has 0 N–H and O–H groups in total. The number of benzene rings is 3. The van der Waals surface area contributed by atoms with E-state index in [1.165, 1.54) is 32.6 Å². The molecule has 0 fully saturated rings. The van der Waals surface area contributed by atoms with E-state index in [2.05, 4.69) is 149 Å². The summed E-state index contributed by atoms with van der Waals surface area (Å²) in [4.78, 5) is 0. The maximum absolute atomic E-state index is 2.39. The van der Waals surface area contributed by atoms with E-state index in [0.717, 1.165) is 19.0 Å². The van der Waals surface area contributed by atoms with Gasteiger partial charge in [-0.05, 0) is 93.6 Å². The Morgan fingerprint density at radius 3 is 1.74 bits per heavy atom. The average molecular weight is 466 g/mol. The van der Waals surface area contributed by atoms with E-state index >= 15 is 0 Å². The van der Waals surface area contributed by atoms with Crippen LogP contribution in [0, 0.1) is 20.8 Å². The number of hydrogen-bond donors (Lipinski definition) is 0. The first-order valence-corrected chi connectivity index (χ1v) is 14.2. The van der Waals surface area contributed by atoms with Crippen LogP contribution in [0.3, 0.4) is 0 Å². The fourth-order valence-electron chi connectivity index (χ4n) is 4.42. The van der Waals surface area contributed by atoms with Crippen LogP contribution in [0.15, 0.2) is 121 Å². The maximum Gasteiger partial charge on any atom is 0.116 e. The largest absolute Gasteiger partial charge is 0.116 e. The first kappa shape index (κ1) is 25.7. The highest BCUT2D eigenvalue weighted by Gasteiger charge is 2.45. The maximum atomic E-state index is 2.39. The summed E-state index contributed by atoms with van der Waals surface area (Å²) in [5, 5.41) is 4.36. The standard InChI is InChI=1S/C33H38P/c1-5-6-7-8-9-10-11-12-13-20-27-34(31-21-16-14-17-22-31,32-23-18-15-19-24-32)33-26-25-28(2)29(3)30(33)4/h5-6,9-26H,7-8,27H2,1-4H3/q+1. The van der Waals surface area contributed by atoms with Crippen LogP contribution in [-0.2, 0) is 0 Å². The molecule has 174 valence electrons. The Labute approximate surface area is 207 Å². The van der Waals surface area contributed by atoms with E-state index in [9.17, 15) is 0 Å². The first-order valence-electron chi connectivity index (χ1n) is 12.3. The van der Waals surface area contributed by atoms with Gasteiger partial charge in [0.15, 0.2) is 0 Å². The molecule has 0 aromatic heterocycles. The number of rotatable bonds is 10. The van der Waals surface area contributed by atoms with Crippen molar-refractivity contribution >= 4 is 23.2 Å². The van der Waals surface area contributed by atoms with E-state index in [-0.39, 0.29) is 0 Å². The van der Waals surface area contributed by atoms with Crippen molar-refractivity contribution < 1.29 is 0 Å². The van der Waals surface area contributed by atoms with E-state index < -0.39 is 7.26 Å². The van der Waals surface area contributed by atoms with E-state index in [0.29, 0.717) is 0 Å². The Kier molecular flexibility index (Phi) is 9.87. The molecular formula is C33H38P+. The van der Waals surface area contributed by atoms with Crippen molar-refractivity contribution in [1.29, 1.82) is 0 Å². The summed E-state index contributed by atoms with van der Waals surface area (Å²) in [5.41, 5.74) is 4.19. The lowest BCUT2D eigenvalue weighted by atomic mass is 10.1. The van der Waals surface area contributed by atoms with Crippen molar-refractivity contribution in [2.45, 2.75) is 40.5 Å². The second-order valence-electron chi connectivity index (χ2n) is 8.70. The SMILES string of the molecule is CC=CCCC=CC=CC=CC[P+](c1ccccc1)(c1ccccc1)c1ccc(C)c(C)c1C.